The Morgan fingerprint density at radius 1 is 1.33 bits per heavy atom. The van der Waals surface area contributed by atoms with Gasteiger partial charge in [-0.15, -0.1) is 5.11 Å². The van der Waals surface area contributed by atoms with E-state index in [1.54, 1.807) is 6.21 Å². The molecule has 3 aliphatic rings. The number of morpholine rings is 1. The van der Waals surface area contributed by atoms with Crippen LogP contribution in [0.2, 0.25) is 0 Å². The summed E-state index contributed by atoms with van der Waals surface area (Å²) in [5.74, 6) is 0.302. The van der Waals surface area contributed by atoms with Crippen LogP contribution in [0.15, 0.2) is 38.4 Å². The highest BCUT2D eigenvalue weighted by atomic mass is 16.5. The van der Waals surface area contributed by atoms with Crippen molar-refractivity contribution >= 4 is 12.1 Å². The van der Waals surface area contributed by atoms with E-state index >= 15 is 0 Å². The molecule has 0 bridgehead atoms. The number of hydrogen-bond acceptors (Lipinski definition) is 5. The standard InChI is InChI=1S/C12H14N4O2/c1-8-10-7-13-11(16-2-4-18-5-3-16)6-9(10)12(17)15-14-8/h6-7,9H,2-5H2,1H3. The number of aliphatic imine (C=N–C) groups is 1. The van der Waals surface area contributed by atoms with Crippen molar-refractivity contribution in [2.75, 3.05) is 26.3 Å². The Hall–Kier alpha value is -1.82. The summed E-state index contributed by atoms with van der Waals surface area (Å²) in [5.41, 5.74) is 1.62. The summed E-state index contributed by atoms with van der Waals surface area (Å²) < 4.78 is 5.30. The smallest absolute Gasteiger partial charge is 0.276 e. The molecule has 6 heteroatoms. The van der Waals surface area contributed by atoms with Crippen LogP contribution in [0.3, 0.4) is 0 Å². The third kappa shape index (κ3) is 1.88. The van der Waals surface area contributed by atoms with Crippen LogP contribution in [0.1, 0.15) is 6.92 Å². The molecule has 0 aliphatic carbocycles. The number of nitrogens with zero attached hydrogens (tertiary/aromatic N) is 4. The van der Waals surface area contributed by atoms with Crippen molar-refractivity contribution in [1.29, 1.82) is 0 Å². The van der Waals surface area contributed by atoms with E-state index in [2.05, 4.69) is 20.1 Å². The molecule has 1 unspecified atom stereocenters. The van der Waals surface area contributed by atoms with Gasteiger partial charge in [-0.3, -0.25) is 4.79 Å². The fourth-order valence-electron chi connectivity index (χ4n) is 2.24. The number of rotatable bonds is 1. The monoisotopic (exact) mass is 246 g/mol. The molecule has 1 atom stereocenters. The fraction of sp³-hybridized carbons (Fsp3) is 0.500. The van der Waals surface area contributed by atoms with Crippen LogP contribution in [0, 0.1) is 5.92 Å². The van der Waals surface area contributed by atoms with Crippen LogP contribution in [-0.2, 0) is 9.53 Å². The number of hydrogen-bond donors (Lipinski definition) is 0. The molecular weight excluding hydrogens is 232 g/mol. The van der Waals surface area contributed by atoms with Crippen molar-refractivity contribution in [3.05, 3.63) is 23.2 Å². The summed E-state index contributed by atoms with van der Waals surface area (Å²) in [5, 5.41) is 7.49. The lowest BCUT2D eigenvalue weighted by Crippen LogP contribution is -2.36. The molecule has 0 N–H and O–H groups in total. The number of ether oxygens (including phenoxy) is 1. The Bertz CT molecular complexity index is 498. The molecule has 0 spiro atoms. The van der Waals surface area contributed by atoms with Crippen LogP contribution >= 0.6 is 0 Å². The molecule has 94 valence electrons. The van der Waals surface area contributed by atoms with E-state index in [1.165, 1.54) is 0 Å². The lowest BCUT2D eigenvalue weighted by molar-refractivity contribution is -0.120. The summed E-state index contributed by atoms with van der Waals surface area (Å²) in [6.45, 7) is 4.87. The van der Waals surface area contributed by atoms with Gasteiger partial charge in [-0.05, 0) is 13.0 Å². The maximum Gasteiger partial charge on any atom is 0.276 e. The van der Waals surface area contributed by atoms with Gasteiger partial charge in [0.25, 0.3) is 5.91 Å². The SMILES string of the molecule is CC1=C2C=NC(N3CCOCC3)=CC2C(=O)N=N1. The largest absolute Gasteiger partial charge is 0.378 e. The summed E-state index contributed by atoms with van der Waals surface area (Å²) >= 11 is 0. The van der Waals surface area contributed by atoms with Crippen molar-refractivity contribution in [2.45, 2.75) is 6.92 Å². The molecule has 6 nitrogen and oxygen atoms in total. The molecule has 0 aromatic rings. The van der Waals surface area contributed by atoms with Gasteiger partial charge in [-0.1, -0.05) is 0 Å². The third-order valence-corrected chi connectivity index (χ3v) is 3.30. The number of carbonyl (C=O) groups is 1. The van der Waals surface area contributed by atoms with Gasteiger partial charge >= 0.3 is 0 Å². The summed E-state index contributed by atoms with van der Waals surface area (Å²) in [7, 11) is 0. The van der Waals surface area contributed by atoms with E-state index in [0.29, 0.717) is 13.2 Å². The number of azo groups is 1. The number of carbonyl (C=O) groups excluding carboxylic acids is 1. The van der Waals surface area contributed by atoms with E-state index in [0.717, 1.165) is 30.2 Å². The maximum absolute atomic E-state index is 11.8. The predicted octanol–water partition coefficient (Wildman–Crippen LogP) is 1.13. The van der Waals surface area contributed by atoms with Gasteiger partial charge < -0.3 is 9.64 Å². The normalized spacial score (nSPS) is 27.4. The first-order valence-electron chi connectivity index (χ1n) is 6.00. The molecule has 18 heavy (non-hydrogen) atoms. The molecular formula is C12H14N4O2. The molecule has 1 saturated heterocycles. The maximum atomic E-state index is 11.8. The average molecular weight is 246 g/mol. The van der Waals surface area contributed by atoms with Gasteiger partial charge in [0, 0.05) is 24.9 Å². The zero-order chi connectivity index (χ0) is 12.5. The Morgan fingerprint density at radius 3 is 2.89 bits per heavy atom. The van der Waals surface area contributed by atoms with Gasteiger partial charge in [0.05, 0.1) is 24.8 Å². The molecule has 3 rings (SSSR count). The highest BCUT2D eigenvalue weighted by Crippen LogP contribution is 2.28. The van der Waals surface area contributed by atoms with E-state index in [9.17, 15) is 4.79 Å². The first kappa shape index (κ1) is 11.3. The number of allylic oxidation sites excluding steroid dienone is 1. The van der Waals surface area contributed by atoms with E-state index in [4.69, 9.17) is 4.74 Å². The second kappa shape index (κ2) is 4.45. The second-order valence-electron chi connectivity index (χ2n) is 4.44. The van der Waals surface area contributed by atoms with Crippen molar-refractivity contribution in [2.24, 2.45) is 21.1 Å². The number of fused-ring (bicyclic) bond motifs is 1. The van der Waals surface area contributed by atoms with Gasteiger partial charge in [0.1, 0.15) is 5.82 Å². The van der Waals surface area contributed by atoms with Crippen LogP contribution in [0.5, 0.6) is 0 Å². The van der Waals surface area contributed by atoms with Crippen LogP contribution in [0.25, 0.3) is 0 Å². The molecule has 0 saturated carbocycles. The Morgan fingerprint density at radius 2 is 2.11 bits per heavy atom. The summed E-state index contributed by atoms with van der Waals surface area (Å²) in [6.07, 6.45) is 3.62. The predicted molar refractivity (Wildman–Crippen MR) is 65.0 cm³/mol. The van der Waals surface area contributed by atoms with Crippen molar-refractivity contribution in [3.63, 3.8) is 0 Å². The Kier molecular flexibility index (Phi) is 2.79. The van der Waals surface area contributed by atoms with Gasteiger partial charge in [-0.2, -0.15) is 5.11 Å². The molecule has 0 radical (unpaired) electrons. The highest BCUT2D eigenvalue weighted by Gasteiger charge is 2.29. The van der Waals surface area contributed by atoms with E-state index in [-0.39, 0.29) is 11.8 Å². The Labute approximate surface area is 105 Å². The number of amides is 1. The Balaban J connectivity index is 1.88. The van der Waals surface area contributed by atoms with E-state index in [1.807, 2.05) is 13.0 Å². The van der Waals surface area contributed by atoms with Crippen LogP contribution < -0.4 is 0 Å². The molecule has 3 heterocycles. The van der Waals surface area contributed by atoms with E-state index < -0.39 is 0 Å². The molecule has 1 amide bonds. The quantitative estimate of drug-likeness (QED) is 0.696. The molecule has 3 aliphatic heterocycles. The minimum Gasteiger partial charge on any atom is -0.378 e. The van der Waals surface area contributed by atoms with Crippen molar-refractivity contribution in [1.82, 2.24) is 4.90 Å². The first-order chi connectivity index (χ1) is 8.75. The van der Waals surface area contributed by atoms with Crippen molar-refractivity contribution < 1.29 is 9.53 Å². The van der Waals surface area contributed by atoms with Crippen molar-refractivity contribution in [3.8, 4) is 0 Å². The molecule has 0 aromatic carbocycles. The van der Waals surface area contributed by atoms with Gasteiger partial charge in [0.2, 0.25) is 0 Å². The molecule has 1 fully saturated rings. The van der Waals surface area contributed by atoms with Crippen LogP contribution in [0.4, 0.5) is 0 Å². The van der Waals surface area contributed by atoms with Crippen LogP contribution in [-0.4, -0.2) is 43.3 Å². The third-order valence-electron chi connectivity index (χ3n) is 3.30. The average Bonchev–Trinajstić information content (AvgIpc) is 2.44. The zero-order valence-corrected chi connectivity index (χ0v) is 10.2. The molecule has 0 aromatic heterocycles. The fourth-order valence-corrected chi connectivity index (χ4v) is 2.24. The van der Waals surface area contributed by atoms with Gasteiger partial charge in [0.15, 0.2) is 0 Å². The lowest BCUT2D eigenvalue weighted by atomic mass is 9.94. The topological polar surface area (TPSA) is 66.6 Å². The highest BCUT2D eigenvalue weighted by molar-refractivity contribution is 5.96. The first-order valence-corrected chi connectivity index (χ1v) is 6.00. The second-order valence-corrected chi connectivity index (χ2v) is 4.44. The summed E-state index contributed by atoms with van der Waals surface area (Å²) in [6, 6.07) is 0. The lowest BCUT2D eigenvalue weighted by Gasteiger charge is -2.31. The van der Waals surface area contributed by atoms with Gasteiger partial charge in [-0.25, -0.2) is 4.99 Å². The summed E-state index contributed by atoms with van der Waals surface area (Å²) in [4.78, 5) is 18.3. The zero-order valence-electron chi connectivity index (χ0n) is 10.2. The minimum absolute atomic E-state index is 0.215. The minimum atomic E-state index is -0.321.